The van der Waals surface area contributed by atoms with Crippen LogP contribution in [0.25, 0.3) is 57.3 Å². The van der Waals surface area contributed by atoms with Gasteiger partial charge in [0.05, 0.1) is 17.2 Å². The molecule has 33 heteroatoms. The third kappa shape index (κ3) is 18.3. The molecule has 10 aromatic heterocycles. The van der Waals surface area contributed by atoms with Gasteiger partial charge in [-0.1, -0.05) is 21.9 Å². The second-order valence-corrected chi connectivity index (χ2v) is 24.0. The number of pyridine rings is 5. The fourth-order valence-corrected chi connectivity index (χ4v) is 9.68. The number of likely N-dealkylation sites (tertiary alicyclic amines) is 2. The minimum Gasteiger partial charge on any atom is -0.477 e. The number of aromatic carboxylic acids is 1. The Kier molecular flexibility index (Phi) is 22.9. The molecular formula is C67H57BClN23O8. The molecule has 1 amide bonds. The molecular weight excluding hydrogens is 1300 g/mol. The van der Waals surface area contributed by atoms with Crippen molar-refractivity contribution >= 4 is 36.2 Å². The predicted octanol–water partition coefficient (Wildman–Crippen LogP) is 9.58. The number of rotatable bonds is 9. The van der Waals surface area contributed by atoms with Crippen molar-refractivity contribution in [2.75, 3.05) is 13.1 Å². The smallest absolute Gasteiger partial charge is 0.477 e. The fourth-order valence-electron chi connectivity index (χ4n) is 9.52. The van der Waals surface area contributed by atoms with Crippen LogP contribution in [0.15, 0.2) is 137 Å². The van der Waals surface area contributed by atoms with E-state index in [0.29, 0.717) is 80.9 Å². The second kappa shape index (κ2) is 32.2. The summed E-state index contributed by atoms with van der Waals surface area (Å²) in [6.07, 6.45) is 17.2. The third-order valence-corrected chi connectivity index (χ3v) is 15.3. The highest BCUT2D eigenvalue weighted by molar-refractivity contribution is 6.62. The van der Waals surface area contributed by atoms with Crippen molar-refractivity contribution in [2.45, 2.75) is 103 Å². The number of aromatic nitrogens is 15. The number of nitrogens with zero attached hydrogens (tertiary/aromatic N) is 23. The van der Waals surface area contributed by atoms with Gasteiger partial charge in [0.25, 0.3) is 11.8 Å². The number of carboxylic acid groups (broad SMARTS) is 1. The zero-order valence-corrected chi connectivity index (χ0v) is 55.3. The molecule has 3 saturated heterocycles. The van der Waals surface area contributed by atoms with Crippen LogP contribution in [0.5, 0.6) is 0 Å². The molecule has 498 valence electrons. The minimum atomic E-state index is -1.12. The first-order chi connectivity index (χ1) is 48.0. The van der Waals surface area contributed by atoms with Crippen LogP contribution in [-0.4, -0.2) is 139 Å². The quantitative estimate of drug-likeness (QED) is 0.104. The molecule has 3 fully saturated rings. The van der Waals surface area contributed by atoms with Crippen LogP contribution in [0, 0.1) is 68.1 Å². The van der Waals surface area contributed by atoms with E-state index < -0.39 is 24.8 Å². The Bertz CT molecular complexity index is 4860. The first kappa shape index (κ1) is 71.3. The first-order valence-corrected chi connectivity index (χ1v) is 30.8. The Hall–Kier alpha value is -13.0. The van der Waals surface area contributed by atoms with Gasteiger partial charge in [-0.3, -0.25) is 9.80 Å². The molecule has 0 saturated carbocycles. The van der Waals surface area contributed by atoms with E-state index in [-0.39, 0.29) is 63.7 Å². The van der Waals surface area contributed by atoms with E-state index in [2.05, 4.69) is 81.3 Å². The summed E-state index contributed by atoms with van der Waals surface area (Å²) in [6, 6.07) is 30.3. The molecule has 13 rings (SSSR count). The lowest BCUT2D eigenvalue weighted by molar-refractivity contribution is 0.00578. The van der Waals surface area contributed by atoms with Crippen LogP contribution in [0.1, 0.15) is 137 Å². The van der Waals surface area contributed by atoms with Crippen LogP contribution in [0.3, 0.4) is 0 Å². The summed E-state index contributed by atoms with van der Waals surface area (Å²) in [4.78, 5) is 80.0. The average molecular weight is 1360 g/mol. The van der Waals surface area contributed by atoms with Gasteiger partial charge in [0.15, 0.2) is 41.0 Å². The summed E-state index contributed by atoms with van der Waals surface area (Å²) in [5.41, 5.74) is 3.73. The van der Waals surface area contributed by atoms with E-state index in [1.807, 2.05) is 84.9 Å². The van der Waals surface area contributed by atoms with Crippen molar-refractivity contribution in [3.05, 3.63) is 179 Å². The van der Waals surface area contributed by atoms with Gasteiger partial charge < -0.3 is 28.2 Å². The zero-order chi connectivity index (χ0) is 71.6. The molecule has 100 heavy (non-hydrogen) atoms. The van der Waals surface area contributed by atoms with E-state index in [9.17, 15) is 9.59 Å². The van der Waals surface area contributed by atoms with Crippen molar-refractivity contribution in [1.29, 1.82) is 31.6 Å². The molecule has 0 unspecified atom stereocenters. The van der Waals surface area contributed by atoms with Crippen LogP contribution in [0.2, 0.25) is 5.02 Å². The fraction of sp³-hybridized carbons (Fsp3) is 0.269. The van der Waals surface area contributed by atoms with E-state index in [1.54, 1.807) is 83.0 Å². The number of carbonyl (C=O) groups is 2. The number of ether oxygens (including phenoxy) is 1. The maximum atomic E-state index is 12.5. The molecule has 13 heterocycles. The van der Waals surface area contributed by atoms with Gasteiger partial charge in [0.1, 0.15) is 81.8 Å². The molecule has 3 aliphatic rings. The second-order valence-electron chi connectivity index (χ2n) is 23.6. The highest BCUT2D eigenvalue weighted by Gasteiger charge is 2.52. The summed E-state index contributed by atoms with van der Waals surface area (Å²) in [7, 11) is -0.435. The van der Waals surface area contributed by atoms with Gasteiger partial charge in [0.2, 0.25) is 0 Å². The van der Waals surface area contributed by atoms with Gasteiger partial charge in [-0.25, -0.2) is 64.4 Å². The highest BCUT2D eigenvalue weighted by atomic mass is 35.5. The summed E-state index contributed by atoms with van der Waals surface area (Å²) in [5.74, 6) is 1.36. The Morgan fingerprint density at radius 3 is 1.43 bits per heavy atom. The maximum absolute atomic E-state index is 12.5. The lowest BCUT2D eigenvalue weighted by Gasteiger charge is -2.32. The molecule has 1 N–H and O–H groups in total. The number of amides is 1. The molecule has 0 spiro atoms. The Balaban J connectivity index is 0.000000153. The Morgan fingerprint density at radius 1 is 0.550 bits per heavy atom. The molecule has 0 aliphatic carbocycles. The van der Waals surface area contributed by atoms with E-state index in [4.69, 9.17) is 71.4 Å². The largest absolute Gasteiger partial charge is 0.494 e. The van der Waals surface area contributed by atoms with Gasteiger partial charge >= 0.3 is 19.2 Å². The maximum Gasteiger partial charge on any atom is 0.494 e. The summed E-state index contributed by atoms with van der Waals surface area (Å²) >= 11 is 5.53. The average Bonchev–Trinajstić information content (AvgIpc) is 1.64. The molecule has 31 nitrogen and oxygen atoms in total. The van der Waals surface area contributed by atoms with Crippen LogP contribution in [0.4, 0.5) is 4.79 Å². The molecule has 2 atom stereocenters. The molecule has 10 aromatic rings. The first-order valence-electron chi connectivity index (χ1n) is 30.4. The van der Waals surface area contributed by atoms with E-state index >= 15 is 0 Å². The highest BCUT2D eigenvalue weighted by Crippen LogP contribution is 2.37. The topological polar surface area (TPSA) is 451 Å². The standard InChI is InChI=1S/C21H21N7O3.C17H12N8O.C12H15BN2O2.C11H6N4O2.C6H3ClN2/c1-21(2,3)30-20(29)28-10-4-5-16(28)18-26-19(31-27-18)15-7-9-24-17(25-15)13-6-8-23-14(11-13)12-22;18-9-12-8-11(3-5-20-12)15-21-6-4-13(22-15)17-23-16(24-26-17)14-2-1-7-25(14)10-19;1-11(2)12(3,4)17-13(16-11)9-5-6-15-10(7-9)8-14;12-6-8-5-7(1-3-13-8)10-14-4-2-9(15-10)11(16)17;7-5-1-2-9-6(3-5)4-8/h6-9,11,16H,4-5,10H2,1-3H3;3-6,8,14H,1-2,7H2;5-7H,1-4H3;1-5H,(H,16,17);1-3H/t16-;14-;;;/m00.../s1. The number of carbonyl (C=O) groups excluding carboxylic acids is 1. The Labute approximate surface area is 577 Å². The van der Waals surface area contributed by atoms with E-state index in [0.717, 1.165) is 31.1 Å². The lowest BCUT2D eigenvalue weighted by Crippen LogP contribution is -2.41. The third-order valence-electron chi connectivity index (χ3n) is 15.0. The number of nitriles is 6. The van der Waals surface area contributed by atoms with Crippen molar-refractivity contribution in [2.24, 2.45) is 0 Å². The predicted molar refractivity (Wildman–Crippen MR) is 351 cm³/mol. The SMILES string of the molecule is CC(C)(C)OC(=O)N1CCC[C@H]1c1noc(-c2ccnc(-c3ccnc(C#N)c3)n2)n1.CC1(C)OB(c2ccnc(C#N)c2)OC1(C)C.N#Cc1cc(-c2nccc(-c3nc([C@@H]4CCCN4C#N)no3)n2)ccn1.N#Cc1cc(-c2nccc(C(=O)O)n2)ccn1.N#Cc1cc(Cl)ccn1. The van der Waals surface area contributed by atoms with Crippen molar-refractivity contribution in [1.82, 2.24) is 84.9 Å². The van der Waals surface area contributed by atoms with Gasteiger partial charge in [-0.2, -0.15) is 41.5 Å². The van der Waals surface area contributed by atoms with Crippen molar-refractivity contribution < 1.29 is 37.8 Å². The monoisotopic (exact) mass is 1360 g/mol. The molecule has 0 aromatic carbocycles. The minimum absolute atomic E-state index is 0.0923. The van der Waals surface area contributed by atoms with Crippen LogP contribution >= 0.6 is 11.6 Å². The summed E-state index contributed by atoms with van der Waals surface area (Å²) < 4.78 is 28.1. The number of hydrogen-bond acceptors (Lipinski definition) is 29. The van der Waals surface area contributed by atoms with Gasteiger partial charge in [0, 0.05) is 84.4 Å². The molecule has 0 bridgehead atoms. The Morgan fingerprint density at radius 2 is 0.970 bits per heavy atom. The summed E-state index contributed by atoms with van der Waals surface area (Å²) in [6.45, 7) is 14.8. The molecule has 3 aliphatic heterocycles. The lowest BCUT2D eigenvalue weighted by atomic mass is 9.79. The van der Waals surface area contributed by atoms with Gasteiger partial charge in [-0.05, 0) is 158 Å². The van der Waals surface area contributed by atoms with E-state index in [1.165, 1.54) is 49.2 Å². The van der Waals surface area contributed by atoms with Crippen molar-refractivity contribution in [3.8, 4) is 93.9 Å². The normalized spacial score (nSPS) is 15.2. The summed E-state index contributed by atoms with van der Waals surface area (Å²) in [5, 5.41) is 70.4. The number of carboxylic acids is 1. The van der Waals surface area contributed by atoms with Crippen LogP contribution < -0.4 is 5.46 Å². The number of hydrogen-bond donors (Lipinski definition) is 1. The molecule has 0 radical (unpaired) electrons. The van der Waals surface area contributed by atoms with Crippen molar-refractivity contribution in [3.63, 3.8) is 0 Å². The zero-order valence-electron chi connectivity index (χ0n) is 54.6. The van der Waals surface area contributed by atoms with Crippen LogP contribution in [-0.2, 0) is 14.0 Å². The van der Waals surface area contributed by atoms with Gasteiger partial charge in [-0.15, -0.1) is 0 Å². The number of halogens is 1.